The van der Waals surface area contributed by atoms with Crippen molar-refractivity contribution in [3.63, 3.8) is 0 Å². The van der Waals surface area contributed by atoms with Crippen molar-refractivity contribution in [2.24, 2.45) is 0 Å². The Bertz CT molecular complexity index is 800. The third kappa shape index (κ3) is 34.7. The Balaban J connectivity index is 3.58. The lowest BCUT2D eigenvalue weighted by Crippen LogP contribution is -2.25. The second-order valence-corrected chi connectivity index (χ2v) is 12.5. The lowest BCUT2D eigenvalue weighted by atomic mass is 10.0. The highest BCUT2D eigenvalue weighted by Gasteiger charge is 2.12. The maximum atomic E-state index is 11.9. The lowest BCUT2D eigenvalue weighted by molar-refractivity contribution is -0.152. The van der Waals surface area contributed by atoms with Crippen molar-refractivity contribution in [2.75, 3.05) is 13.2 Å². The Morgan fingerprint density at radius 2 is 0.935 bits per heavy atom. The zero-order valence-corrected chi connectivity index (χ0v) is 29.7. The van der Waals surface area contributed by atoms with Crippen molar-refractivity contribution in [1.29, 1.82) is 0 Å². The fourth-order valence-electron chi connectivity index (χ4n) is 4.98. The van der Waals surface area contributed by atoms with Crippen molar-refractivity contribution < 1.29 is 29.3 Å². The normalized spacial score (nSPS) is 13.4. The molecule has 2 atom stereocenters. The summed E-state index contributed by atoms with van der Waals surface area (Å²) in [7, 11) is 0. The highest BCUT2D eigenvalue weighted by atomic mass is 16.6. The van der Waals surface area contributed by atoms with Crippen molar-refractivity contribution in [2.45, 2.75) is 180 Å². The van der Waals surface area contributed by atoms with Crippen LogP contribution in [-0.2, 0) is 19.1 Å². The van der Waals surface area contributed by atoms with Crippen LogP contribution in [0.3, 0.4) is 0 Å². The van der Waals surface area contributed by atoms with Gasteiger partial charge in [0, 0.05) is 12.8 Å². The maximum absolute atomic E-state index is 11.9. The van der Waals surface area contributed by atoms with Gasteiger partial charge >= 0.3 is 11.9 Å². The van der Waals surface area contributed by atoms with E-state index < -0.39 is 6.10 Å². The fourth-order valence-corrected chi connectivity index (χ4v) is 4.98. The highest BCUT2D eigenvalue weighted by Crippen LogP contribution is 2.13. The van der Waals surface area contributed by atoms with Crippen LogP contribution in [0.25, 0.3) is 0 Å². The molecule has 0 heterocycles. The van der Waals surface area contributed by atoms with Gasteiger partial charge in [-0.15, -0.1) is 0 Å². The Hall–Kier alpha value is -2.18. The molecule has 6 nitrogen and oxygen atoms in total. The van der Waals surface area contributed by atoms with Crippen LogP contribution in [0.5, 0.6) is 0 Å². The predicted octanol–water partition coefficient (Wildman–Crippen LogP) is 10.4. The van der Waals surface area contributed by atoms with Gasteiger partial charge in [-0.1, -0.05) is 159 Å². The molecule has 0 aromatic rings. The molecule has 0 rings (SSSR count). The summed E-state index contributed by atoms with van der Waals surface area (Å²) in [5.41, 5.74) is 0. The standard InChI is InChI=1S/C40H70O6/c1-3-5-7-8-9-10-11-12-13-17-20-23-26-29-33-39(43)45-35-38(42)36-46-40(44)34-30-27-24-21-18-15-14-16-19-22-25-28-32-37(41)31-6-4-2/h14-15,19,21-22,24,28,32,37-38,41-42H,3-13,16-18,20,23,25-27,29-31,33-36H2,1-2H3/b15-14-,22-19-,24-21-,32-28-/t37-,38+/m0/s1. The molecule has 0 saturated carbocycles. The smallest absolute Gasteiger partial charge is 0.305 e. The zero-order valence-electron chi connectivity index (χ0n) is 29.7. The number of aliphatic hydroxyl groups excluding tert-OH is 2. The van der Waals surface area contributed by atoms with Crippen LogP contribution < -0.4 is 0 Å². The largest absolute Gasteiger partial charge is 0.463 e. The molecule has 0 unspecified atom stereocenters. The number of ether oxygens (including phenoxy) is 2. The molecule has 0 aliphatic carbocycles. The van der Waals surface area contributed by atoms with Crippen LogP contribution in [0.15, 0.2) is 48.6 Å². The van der Waals surface area contributed by atoms with Gasteiger partial charge in [-0.25, -0.2) is 0 Å². The van der Waals surface area contributed by atoms with E-state index in [0.29, 0.717) is 19.3 Å². The minimum Gasteiger partial charge on any atom is -0.463 e. The Morgan fingerprint density at radius 3 is 1.43 bits per heavy atom. The summed E-state index contributed by atoms with van der Waals surface area (Å²) in [5, 5.41) is 19.7. The van der Waals surface area contributed by atoms with E-state index in [1.54, 1.807) is 0 Å². The number of carbonyl (C=O) groups excluding carboxylic acids is 2. The molecule has 0 aliphatic rings. The third-order valence-corrected chi connectivity index (χ3v) is 7.89. The molecule has 0 bridgehead atoms. The number of allylic oxidation sites excluding steroid dienone is 7. The van der Waals surface area contributed by atoms with E-state index in [1.165, 1.54) is 70.6 Å². The Kier molecular flexibility index (Phi) is 34.0. The molecule has 6 heteroatoms. The summed E-state index contributed by atoms with van der Waals surface area (Å²) in [6, 6.07) is 0. The van der Waals surface area contributed by atoms with Gasteiger partial charge in [0.25, 0.3) is 0 Å². The molecule has 0 saturated heterocycles. The van der Waals surface area contributed by atoms with Crippen LogP contribution in [0.4, 0.5) is 0 Å². The molecule has 0 aromatic carbocycles. The van der Waals surface area contributed by atoms with Gasteiger partial charge in [0.15, 0.2) is 0 Å². The van der Waals surface area contributed by atoms with E-state index in [-0.39, 0.29) is 31.3 Å². The van der Waals surface area contributed by atoms with Crippen molar-refractivity contribution in [3.05, 3.63) is 48.6 Å². The van der Waals surface area contributed by atoms with Gasteiger partial charge in [-0.3, -0.25) is 9.59 Å². The fraction of sp³-hybridized carbons (Fsp3) is 0.750. The highest BCUT2D eigenvalue weighted by molar-refractivity contribution is 5.69. The first-order chi connectivity index (χ1) is 22.5. The second-order valence-electron chi connectivity index (χ2n) is 12.5. The predicted molar refractivity (Wildman–Crippen MR) is 193 cm³/mol. The molecule has 0 fully saturated rings. The molecule has 0 radical (unpaired) electrons. The van der Waals surface area contributed by atoms with Crippen molar-refractivity contribution in [3.8, 4) is 0 Å². The maximum Gasteiger partial charge on any atom is 0.305 e. The van der Waals surface area contributed by atoms with E-state index in [9.17, 15) is 19.8 Å². The number of hydrogen-bond acceptors (Lipinski definition) is 6. The molecule has 0 amide bonds. The number of carbonyl (C=O) groups is 2. The topological polar surface area (TPSA) is 93.1 Å². The van der Waals surface area contributed by atoms with E-state index in [2.05, 4.69) is 50.3 Å². The minimum absolute atomic E-state index is 0.142. The van der Waals surface area contributed by atoms with E-state index in [1.807, 2.05) is 12.2 Å². The first-order valence-electron chi connectivity index (χ1n) is 18.8. The molecule has 0 aromatic heterocycles. The first-order valence-corrected chi connectivity index (χ1v) is 18.8. The zero-order chi connectivity index (χ0) is 33.8. The van der Waals surface area contributed by atoms with E-state index >= 15 is 0 Å². The number of aliphatic hydroxyl groups is 2. The summed E-state index contributed by atoms with van der Waals surface area (Å²) in [6.07, 6.45) is 40.7. The number of rotatable bonds is 33. The van der Waals surface area contributed by atoms with Crippen molar-refractivity contribution >= 4 is 11.9 Å². The molecular formula is C40H70O6. The minimum atomic E-state index is -0.995. The molecule has 0 spiro atoms. The molecular weight excluding hydrogens is 576 g/mol. The molecule has 46 heavy (non-hydrogen) atoms. The first kappa shape index (κ1) is 43.8. The molecule has 2 N–H and O–H groups in total. The average Bonchev–Trinajstić information content (AvgIpc) is 3.05. The molecule has 0 aliphatic heterocycles. The third-order valence-electron chi connectivity index (χ3n) is 7.89. The van der Waals surface area contributed by atoms with E-state index in [0.717, 1.165) is 64.2 Å². The van der Waals surface area contributed by atoms with Gasteiger partial charge < -0.3 is 19.7 Å². The monoisotopic (exact) mass is 647 g/mol. The van der Waals surface area contributed by atoms with Gasteiger partial charge in [0.05, 0.1) is 6.10 Å². The second kappa shape index (κ2) is 35.7. The van der Waals surface area contributed by atoms with Crippen LogP contribution in [-0.4, -0.2) is 47.6 Å². The van der Waals surface area contributed by atoms with Gasteiger partial charge in [0.1, 0.15) is 19.3 Å². The summed E-state index contributed by atoms with van der Waals surface area (Å²) >= 11 is 0. The quantitative estimate of drug-likeness (QED) is 0.0419. The summed E-state index contributed by atoms with van der Waals surface area (Å²) < 4.78 is 10.3. The van der Waals surface area contributed by atoms with Crippen LogP contribution in [0.2, 0.25) is 0 Å². The number of hydrogen-bond donors (Lipinski definition) is 2. The average molecular weight is 647 g/mol. The summed E-state index contributed by atoms with van der Waals surface area (Å²) in [4.78, 5) is 23.9. The van der Waals surface area contributed by atoms with Crippen LogP contribution >= 0.6 is 0 Å². The Labute approximate surface area is 282 Å². The summed E-state index contributed by atoms with van der Waals surface area (Å²) in [5.74, 6) is -0.650. The summed E-state index contributed by atoms with van der Waals surface area (Å²) in [6.45, 7) is 4.09. The van der Waals surface area contributed by atoms with Crippen LogP contribution in [0, 0.1) is 0 Å². The number of unbranched alkanes of at least 4 members (excludes halogenated alkanes) is 15. The van der Waals surface area contributed by atoms with Gasteiger partial charge in [-0.2, -0.15) is 0 Å². The van der Waals surface area contributed by atoms with Gasteiger partial charge in [-0.05, 0) is 44.9 Å². The number of esters is 2. The van der Waals surface area contributed by atoms with Crippen LogP contribution in [0.1, 0.15) is 168 Å². The Morgan fingerprint density at radius 1 is 0.522 bits per heavy atom. The SMILES string of the molecule is CCCCCCCCCCCCCCCCC(=O)OC[C@@H](O)COC(=O)CCC/C=C\C/C=C\C/C=C\C/C=C\[C@@H](O)CCCC. The molecule has 266 valence electrons. The van der Waals surface area contributed by atoms with E-state index in [4.69, 9.17) is 9.47 Å². The lowest BCUT2D eigenvalue weighted by Gasteiger charge is -2.12. The van der Waals surface area contributed by atoms with Crippen molar-refractivity contribution in [1.82, 2.24) is 0 Å². The van der Waals surface area contributed by atoms with Gasteiger partial charge in [0.2, 0.25) is 0 Å².